The molecule has 0 saturated carbocycles. The molecule has 268 valence electrons. The van der Waals surface area contributed by atoms with E-state index in [1.807, 2.05) is 24.3 Å². The Morgan fingerprint density at radius 2 is 1.53 bits per heavy atom. The molecule has 0 aliphatic carbocycles. The fourth-order valence-corrected chi connectivity index (χ4v) is 6.45. The molecule has 2 aliphatic heterocycles. The Labute approximate surface area is 304 Å². The number of carbonyl (C=O) groups excluding carboxylic acids is 5. The van der Waals surface area contributed by atoms with E-state index < -0.39 is 11.9 Å². The molecule has 3 aromatic carbocycles. The minimum atomic E-state index is -0.630. The Kier molecular flexibility index (Phi) is 12.2. The van der Waals surface area contributed by atoms with E-state index >= 15 is 0 Å². The molecule has 3 aromatic rings. The second-order valence-corrected chi connectivity index (χ2v) is 14.4. The number of hydrogen-bond donors (Lipinski definition) is 5. The van der Waals surface area contributed by atoms with Gasteiger partial charge in [0.05, 0.1) is 0 Å². The predicted octanol–water partition coefficient (Wildman–Crippen LogP) is 6.26. The van der Waals surface area contributed by atoms with Crippen molar-refractivity contribution in [1.82, 2.24) is 15.5 Å². The van der Waals surface area contributed by atoms with Crippen LogP contribution in [0.15, 0.2) is 66.7 Å². The van der Waals surface area contributed by atoms with Crippen molar-refractivity contribution in [3.63, 3.8) is 0 Å². The number of carbonyl (C=O) groups is 5. The summed E-state index contributed by atoms with van der Waals surface area (Å²) in [6.07, 6.45) is 5.68. The molecule has 1 atom stereocenters. The van der Waals surface area contributed by atoms with Crippen LogP contribution in [0.2, 0.25) is 0 Å². The highest BCUT2D eigenvalue weighted by Gasteiger charge is 2.39. The van der Waals surface area contributed by atoms with Crippen LogP contribution in [0.3, 0.4) is 0 Å². The van der Waals surface area contributed by atoms with Crippen LogP contribution in [0, 0.1) is 0 Å². The third kappa shape index (κ3) is 10.0. The van der Waals surface area contributed by atoms with Crippen LogP contribution in [0.4, 0.5) is 17.1 Å². The molecule has 1 saturated heterocycles. The van der Waals surface area contributed by atoms with Crippen molar-refractivity contribution in [2.24, 2.45) is 0 Å². The minimum Gasteiger partial charge on any atom is -0.385 e. The lowest BCUT2D eigenvalue weighted by molar-refractivity contribution is -0.137. The van der Waals surface area contributed by atoms with Crippen molar-refractivity contribution in [2.75, 3.05) is 22.5 Å². The summed E-state index contributed by atoms with van der Waals surface area (Å²) in [7, 11) is 0. The van der Waals surface area contributed by atoms with Gasteiger partial charge in [0.15, 0.2) is 5.11 Å². The van der Waals surface area contributed by atoms with Gasteiger partial charge in [-0.2, -0.15) is 0 Å². The van der Waals surface area contributed by atoms with Gasteiger partial charge in [-0.05, 0) is 91.0 Å². The number of amides is 5. The molecule has 2 aliphatic rings. The predicted molar refractivity (Wildman–Crippen MR) is 203 cm³/mol. The molecule has 0 bridgehead atoms. The maximum atomic E-state index is 13.0. The summed E-state index contributed by atoms with van der Waals surface area (Å²) in [5.74, 6) is -1.22. The van der Waals surface area contributed by atoms with Gasteiger partial charge in [0.25, 0.3) is 11.8 Å². The molecule has 5 N–H and O–H groups in total. The summed E-state index contributed by atoms with van der Waals surface area (Å²) < 4.78 is 0. The Morgan fingerprint density at radius 3 is 2.22 bits per heavy atom. The van der Waals surface area contributed by atoms with Gasteiger partial charge in [0.1, 0.15) is 6.04 Å². The van der Waals surface area contributed by atoms with Crippen molar-refractivity contribution in [2.45, 2.75) is 90.1 Å². The van der Waals surface area contributed by atoms with E-state index in [4.69, 9.17) is 12.2 Å². The monoisotopic (exact) mass is 710 g/mol. The van der Waals surface area contributed by atoms with Crippen LogP contribution in [0.1, 0.15) is 104 Å². The van der Waals surface area contributed by atoms with Crippen LogP contribution in [0.5, 0.6) is 0 Å². The van der Waals surface area contributed by atoms with Crippen molar-refractivity contribution < 1.29 is 24.0 Å². The number of fused-ring (bicyclic) bond motifs is 1. The Bertz CT molecular complexity index is 1780. The lowest BCUT2D eigenvalue weighted by atomic mass is 9.87. The number of hydrogen-bond acceptors (Lipinski definition) is 7. The van der Waals surface area contributed by atoms with Gasteiger partial charge in [-0.25, -0.2) is 0 Å². The Morgan fingerprint density at radius 1 is 0.863 bits per heavy atom. The Balaban J connectivity index is 0.945. The van der Waals surface area contributed by atoms with Crippen molar-refractivity contribution in [3.05, 3.63) is 89.0 Å². The molecule has 12 heteroatoms. The largest absolute Gasteiger partial charge is 0.385 e. The third-order valence-electron chi connectivity index (χ3n) is 9.14. The smallest absolute Gasteiger partial charge is 0.257 e. The first-order valence-corrected chi connectivity index (χ1v) is 17.9. The number of unbranched alkanes of at least 4 members (excludes halogenated alkanes) is 4. The van der Waals surface area contributed by atoms with Crippen LogP contribution in [0.25, 0.3) is 0 Å². The molecule has 1 fully saturated rings. The molecule has 0 radical (unpaired) electrons. The number of nitrogens with one attached hydrogen (secondary N) is 5. The number of thiocarbonyl (C=S) groups is 1. The summed E-state index contributed by atoms with van der Waals surface area (Å²) >= 11 is 5.32. The summed E-state index contributed by atoms with van der Waals surface area (Å²) in [6, 6.07) is 19.6. The van der Waals surface area contributed by atoms with Gasteiger partial charge in [0.2, 0.25) is 17.7 Å². The molecular formula is C39H46N6O5S. The number of rotatable bonds is 13. The maximum absolute atomic E-state index is 13.0. The molecule has 51 heavy (non-hydrogen) atoms. The second kappa shape index (κ2) is 16.7. The average molecular weight is 711 g/mol. The molecule has 0 spiro atoms. The van der Waals surface area contributed by atoms with Crippen molar-refractivity contribution >= 4 is 63.9 Å². The molecule has 5 amide bonds. The van der Waals surface area contributed by atoms with Gasteiger partial charge in [0, 0.05) is 59.7 Å². The summed E-state index contributed by atoms with van der Waals surface area (Å²) in [4.78, 5) is 63.6. The highest BCUT2D eigenvalue weighted by molar-refractivity contribution is 7.80. The van der Waals surface area contributed by atoms with Crippen LogP contribution >= 0.6 is 12.2 Å². The van der Waals surface area contributed by atoms with Gasteiger partial charge < -0.3 is 20.9 Å². The number of imide groups is 1. The molecule has 11 nitrogen and oxygen atoms in total. The molecule has 1 unspecified atom stereocenters. The fraction of sp³-hybridized carbons (Fsp3) is 0.385. The molecule has 5 rings (SSSR count). The van der Waals surface area contributed by atoms with Gasteiger partial charge >= 0.3 is 0 Å². The van der Waals surface area contributed by atoms with E-state index in [0.29, 0.717) is 41.9 Å². The first kappa shape index (κ1) is 37.2. The summed E-state index contributed by atoms with van der Waals surface area (Å²) in [6.45, 7) is 7.45. The van der Waals surface area contributed by atoms with Crippen LogP contribution in [-0.2, 0) is 26.3 Å². The maximum Gasteiger partial charge on any atom is 0.257 e. The summed E-state index contributed by atoms with van der Waals surface area (Å²) in [5.41, 5.74) is 5.41. The number of piperidine rings is 1. The standard InChI is InChI=1S/C39H46N6O5S/c1-39(2,3)26-15-13-25(14-16-26)35(48)44-38(51)42-28-19-17-27(18-20-28)41-33(46)12-7-5-4-6-8-23-40-31-11-9-10-29-30(31)24-45(37(29)50)32-21-22-34(47)43-36(32)49/h9-11,13-20,32,40H,4-8,12,21-24H2,1-3H3,(H,41,46)(H,43,47,49)(H2,42,44,48,51). The Hall–Kier alpha value is -5.10. The van der Waals surface area contributed by atoms with E-state index in [-0.39, 0.29) is 40.6 Å². The zero-order valence-corrected chi connectivity index (χ0v) is 30.2. The van der Waals surface area contributed by atoms with Crippen molar-refractivity contribution in [3.8, 4) is 0 Å². The zero-order valence-electron chi connectivity index (χ0n) is 29.4. The van der Waals surface area contributed by atoms with Crippen LogP contribution in [-0.4, -0.2) is 52.1 Å². The first-order valence-electron chi connectivity index (χ1n) is 17.5. The van der Waals surface area contributed by atoms with E-state index in [2.05, 4.69) is 47.4 Å². The lowest BCUT2D eigenvalue weighted by Crippen LogP contribution is -2.52. The number of benzene rings is 3. The molecule has 0 aromatic heterocycles. The van der Waals surface area contributed by atoms with Gasteiger partial charge in [-0.1, -0.05) is 58.2 Å². The fourth-order valence-electron chi connectivity index (χ4n) is 6.23. The normalized spacial score (nSPS) is 15.5. The third-order valence-corrected chi connectivity index (χ3v) is 9.35. The SMILES string of the molecule is CC(C)(C)c1ccc(C(=O)NC(=S)Nc2ccc(NC(=O)CCCCCCCNc3cccc4c3CN(C3CCC(=O)NC3=O)C4=O)cc2)cc1. The van der Waals surface area contributed by atoms with Gasteiger partial charge in [-0.15, -0.1) is 0 Å². The highest BCUT2D eigenvalue weighted by atomic mass is 32.1. The van der Waals surface area contributed by atoms with E-state index in [0.717, 1.165) is 55.5 Å². The topological polar surface area (TPSA) is 149 Å². The number of nitrogens with zero attached hydrogens (tertiary/aromatic N) is 1. The van der Waals surface area contributed by atoms with Gasteiger partial charge in [-0.3, -0.25) is 34.6 Å². The van der Waals surface area contributed by atoms with Crippen LogP contribution < -0.4 is 26.6 Å². The average Bonchev–Trinajstić information content (AvgIpc) is 3.42. The second-order valence-electron chi connectivity index (χ2n) is 14.0. The quantitative estimate of drug-likeness (QED) is 0.0793. The van der Waals surface area contributed by atoms with E-state index in [1.54, 1.807) is 47.4 Å². The highest BCUT2D eigenvalue weighted by Crippen LogP contribution is 2.32. The van der Waals surface area contributed by atoms with Crippen molar-refractivity contribution in [1.29, 1.82) is 0 Å². The lowest BCUT2D eigenvalue weighted by Gasteiger charge is -2.29. The molecule has 2 heterocycles. The summed E-state index contributed by atoms with van der Waals surface area (Å²) in [5, 5.41) is 14.6. The van der Waals surface area contributed by atoms with E-state index in [9.17, 15) is 24.0 Å². The zero-order chi connectivity index (χ0) is 36.5. The van der Waals surface area contributed by atoms with E-state index in [1.165, 1.54) is 0 Å². The number of anilines is 3. The molecular weight excluding hydrogens is 665 g/mol. The minimum absolute atomic E-state index is 0.00288. The first-order chi connectivity index (χ1) is 24.4.